The Morgan fingerprint density at radius 3 is 2.56 bits per heavy atom. The molecule has 1 rings (SSSR count). The lowest BCUT2D eigenvalue weighted by molar-refractivity contribution is -0.155. The molecule has 0 spiro atoms. The highest BCUT2D eigenvalue weighted by atomic mass is 16.6. The molecule has 0 aliphatic carbocycles. The number of nitrogens with zero attached hydrogens (tertiary/aromatic N) is 2. The van der Waals surface area contributed by atoms with Gasteiger partial charge < -0.3 is 9.84 Å². The van der Waals surface area contributed by atoms with E-state index in [4.69, 9.17) is 9.84 Å². The first kappa shape index (κ1) is 14.2. The Balaban J connectivity index is 2.62. The van der Waals surface area contributed by atoms with Crippen LogP contribution in [0, 0.1) is 0 Å². The van der Waals surface area contributed by atoms with Crippen molar-refractivity contribution >= 4 is 11.9 Å². The Bertz CT molecular complexity index is 445. The molecule has 0 bridgehead atoms. The van der Waals surface area contributed by atoms with Crippen LogP contribution < -0.4 is 0 Å². The van der Waals surface area contributed by atoms with Gasteiger partial charge in [-0.25, -0.2) is 4.79 Å². The predicted molar refractivity (Wildman–Crippen MR) is 64.4 cm³/mol. The van der Waals surface area contributed by atoms with Gasteiger partial charge in [-0.2, -0.15) is 5.10 Å². The quantitative estimate of drug-likeness (QED) is 0.829. The van der Waals surface area contributed by atoms with Gasteiger partial charge in [-0.15, -0.1) is 0 Å². The van der Waals surface area contributed by atoms with Crippen molar-refractivity contribution in [3.63, 3.8) is 0 Å². The largest absolute Gasteiger partial charge is 0.478 e. The van der Waals surface area contributed by atoms with Crippen LogP contribution in [0.2, 0.25) is 0 Å². The fourth-order valence-corrected chi connectivity index (χ4v) is 1.41. The van der Waals surface area contributed by atoms with Crippen molar-refractivity contribution in [2.75, 3.05) is 0 Å². The maximum absolute atomic E-state index is 11.6. The topological polar surface area (TPSA) is 81.4 Å². The van der Waals surface area contributed by atoms with Crippen molar-refractivity contribution in [1.82, 2.24) is 9.78 Å². The number of aromatic carboxylic acids is 1. The van der Waals surface area contributed by atoms with Gasteiger partial charge >= 0.3 is 11.9 Å². The lowest BCUT2D eigenvalue weighted by Gasteiger charge is -2.21. The third-order valence-electron chi connectivity index (χ3n) is 2.18. The Labute approximate surface area is 106 Å². The molecule has 0 saturated heterocycles. The minimum Gasteiger partial charge on any atom is -0.478 e. The molecule has 18 heavy (non-hydrogen) atoms. The molecule has 0 amide bonds. The van der Waals surface area contributed by atoms with Crippen molar-refractivity contribution in [2.45, 2.75) is 45.8 Å². The predicted octanol–water partition coefficient (Wildman–Crippen LogP) is 1.87. The van der Waals surface area contributed by atoms with Gasteiger partial charge in [0.1, 0.15) is 5.60 Å². The first-order chi connectivity index (χ1) is 8.19. The van der Waals surface area contributed by atoms with Crippen molar-refractivity contribution in [2.24, 2.45) is 0 Å². The van der Waals surface area contributed by atoms with Gasteiger partial charge in [0.05, 0.1) is 24.2 Å². The third kappa shape index (κ3) is 4.20. The summed E-state index contributed by atoms with van der Waals surface area (Å²) < 4.78 is 6.64. The maximum atomic E-state index is 11.6. The molecular formula is C12H18N2O4. The van der Waals surface area contributed by atoms with Crippen LogP contribution in [0.3, 0.4) is 0 Å². The maximum Gasteiger partial charge on any atom is 0.338 e. The van der Waals surface area contributed by atoms with E-state index in [1.807, 2.05) is 0 Å². The molecule has 1 atom stereocenters. The summed E-state index contributed by atoms with van der Waals surface area (Å²) in [6.07, 6.45) is 2.81. The van der Waals surface area contributed by atoms with Gasteiger partial charge in [0.2, 0.25) is 0 Å². The second-order valence-electron chi connectivity index (χ2n) is 5.15. The summed E-state index contributed by atoms with van der Waals surface area (Å²) in [6.45, 7) is 7.17. The van der Waals surface area contributed by atoms with E-state index in [9.17, 15) is 9.59 Å². The van der Waals surface area contributed by atoms with Crippen molar-refractivity contribution in [3.05, 3.63) is 18.0 Å². The molecule has 0 aliphatic rings. The van der Waals surface area contributed by atoms with E-state index in [0.29, 0.717) is 0 Å². The number of carbonyl (C=O) groups is 2. The van der Waals surface area contributed by atoms with Crippen LogP contribution in [0.1, 0.15) is 50.5 Å². The number of aromatic nitrogens is 2. The number of rotatable bonds is 4. The summed E-state index contributed by atoms with van der Waals surface area (Å²) in [4.78, 5) is 22.3. The van der Waals surface area contributed by atoms with Crippen molar-refractivity contribution < 1.29 is 19.4 Å². The molecule has 1 aromatic heterocycles. The molecule has 6 nitrogen and oxygen atoms in total. The third-order valence-corrected chi connectivity index (χ3v) is 2.18. The van der Waals surface area contributed by atoms with Crippen LogP contribution in [0.5, 0.6) is 0 Å². The lowest BCUT2D eigenvalue weighted by atomic mass is 10.2. The van der Waals surface area contributed by atoms with Crippen LogP contribution >= 0.6 is 0 Å². The number of carbonyl (C=O) groups excluding carboxylic acids is 1. The SMILES string of the molecule is C[C@H](CC(=O)OC(C)(C)C)n1cc(C(=O)O)cn1. The molecule has 0 unspecified atom stereocenters. The summed E-state index contributed by atoms with van der Waals surface area (Å²) in [6, 6.07) is -0.243. The second-order valence-corrected chi connectivity index (χ2v) is 5.15. The second kappa shape index (κ2) is 5.20. The van der Waals surface area contributed by atoms with Gasteiger partial charge in [-0.1, -0.05) is 0 Å². The van der Waals surface area contributed by atoms with E-state index in [1.54, 1.807) is 27.7 Å². The van der Waals surface area contributed by atoms with E-state index >= 15 is 0 Å². The molecule has 1 N–H and O–H groups in total. The van der Waals surface area contributed by atoms with Crippen molar-refractivity contribution in [3.8, 4) is 0 Å². The summed E-state index contributed by atoms with van der Waals surface area (Å²) in [5.74, 6) is -1.37. The van der Waals surface area contributed by atoms with Gasteiger partial charge in [-0.05, 0) is 27.7 Å². The molecule has 0 fully saturated rings. The van der Waals surface area contributed by atoms with Crippen molar-refractivity contribution in [1.29, 1.82) is 0 Å². The number of hydrogen-bond acceptors (Lipinski definition) is 4. The van der Waals surface area contributed by atoms with E-state index in [1.165, 1.54) is 17.1 Å². The first-order valence-corrected chi connectivity index (χ1v) is 5.68. The van der Waals surface area contributed by atoms with Gasteiger partial charge in [0, 0.05) is 6.20 Å². The summed E-state index contributed by atoms with van der Waals surface area (Å²) >= 11 is 0. The van der Waals surface area contributed by atoms with Crippen LogP contribution in [0.25, 0.3) is 0 Å². The number of carboxylic acids is 1. The van der Waals surface area contributed by atoms with Crippen LogP contribution in [0.4, 0.5) is 0 Å². The molecule has 0 aliphatic heterocycles. The average molecular weight is 254 g/mol. The highest BCUT2D eigenvalue weighted by Gasteiger charge is 2.20. The highest BCUT2D eigenvalue weighted by Crippen LogP contribution is 2.15. The Morgan fingerprint density at radius 2 is 2.11 bits per heavy atom. The molecule has 0 radical (unpaired) electrons. The number of hydrogen-bond donors (Lipinski definition) is 1. The fourth-order valence-electron chi connectivity index (χ4n) is 1.41. The zero-order valence-corrected chi connectivity index (χ0v) is 11.0. The Kier molecular flexibility index (Phi) is 4.11. The van der Waals surface area contributed by atoms with Crippen LogP contribution in [-0.4, -0.2) is 32.4 Å². The molecule has 1 heterocycles. The van der Waals surface area contributed by atoms with Crippen LogP contribution in [0.15, 0.2) is 12.4 Å². The minimum absolute atomic E-state index is 0.103. The van der Waals surface area contributed by atoms with E-state index < -0.39 is 11.6 Å². The summed E-state index contributed by atoms with van der Waals surface area (Å²) in [7, 11) is 0. The average Bonchev–Trinajstić information content (AvgIpc) is 2.62. The Morgan fingerprint density at radius 1 is 1.50 bits per heavy atom. The first-order valence-electron chi connectivity index (χ1n) is 5.68. The zero-order chi connectivity index (χ0) is 13.9. The molecule has 100 valence electrons. The van der Waals surface area contributed by atoms with Gasteiger partial charge in [0.15, 0.2) is 0 Å². The van der Waals surface area contributed by atoms with Gasteiger partial charge in [0.25, 0.3) is 0 Å². The molecule has 1 aromatic rings. The lowest BCUT2D eigenvalue weighted by Crippen LogP contribution is -2.25. The Hall–Kier alpha value is -1.85. The normalized spacial score (nSPS) is 13.1. The number of carboxylic acid groups (broad SMARTS) is 1. The standard InChI is InChI=1S/C12H18N2O4/c1-8(5-10(15)18-12(2,3)4)14-7-9(6-13-14)11(16)17/h6-8H,5H2,1-4H3,(H,16,17)/t8-/m1/s1. The molecule has 0 aromatic carbocycles. The highest BCUT2D eigenvalue weighted by molar-refractivity contribution is 5.86. The molecule has 0 saturated carbocycles. The van der Waals surface area contributed by atoms with E-state index in [0.717, 1.165) is 0 Å². The van der Waals surface area contributed by atoms with E-state index in [-0.39, 0.29) is 24.0 Å². The zero-order valence-electron chi connectivity index (χ0n) is 11.0. The minimum atomic E-state index is -1.04. The monoisotopic (exact) mass is 254 g/mol. The van der Waals surface area contributed by atoms with Crippen LogP contribution in [-0.2, 0) is 9.53 Å². The number of esters is 1. The smallest absolute Gasteiger partial charge is 0.338 e. The summed E-state index contributed by atoms with van der Waals surface area (Å²) in [5.41, 5.74) is -0.418. The fraction of sp³-hybridized carbons (Fsp3) is 0.583. The van der Waals surface area contributed by atoms with Gasteiger partial charge in [-0.3, -0.25) is 9.48 Å². The van der Waals surface area contributed by atoms with E-state index in [2.05, 4.69) is 5.10 Å². The molecular weight excluding hydrogens is 236 g/mol. The molecule has 6 heteroatoms. The summed E-state index contributed by atoms with van der Waals surface area (Å²) in [5, 5.41) is 12.7. The number of ether oxygens (including phenoxy) is 1.